The molecular formula is C21H23ClN4O4. The van der Waals surface area contributed by atoms with Crippen LogP contribution in [-0.4, -0.2) is 19.6 Å². The number of fused-ring (bicyclic) bond motifs is 1. The highest BCUT2D eigenvalue weighted by atomic mass is 35.5. The number of nitrogens with zero attached hydrogens (tertiary/aromatic N) is 3. The minimum atomic E-state index is -0.623. The van der Waals surface area contributed by atoms with Gasteiger partial charge in [0.1, 0.15) is 5.65 Å². The van der Waals surface area contributed by atoms with E-state index in [0.717, 1.165) is 10.6 Å². The van der Waals surface area contributed by atoms with E-state index in [4.69, 9.17) is 11.6 Å². The van der Waals surface area contributed by atoms with Crippen LogP contribution < -0.4 is 22.1 Å². The third-order valence-corrected chi connectivity index (χ3v) is 5.03. The normalized spacial score (nSPS) is 11.1. The number of hydrogen-bond acceptors (Lipinski definition) is 4. The molecule has 1 amide bonds. The number of rotatable bonds is 6. The molecule has 0 saturated heterocycles. The lowest BCUT2D eigenvalue weighted by molar-refractivity contribution is 0.102. The standard InChI is InChI=1S/C21H23ClN4O4/c1-4-9-25-16(27)12-15(18(28)23-14-8-6-7-13(22)11-14)17-19(25)24(3)21(30)26(10-5-2)20(17)29/h6-8,11-12H,4-5,9-10H2,1-3H3,(H,23,28). The zero-order chi connectivity index (χ0) is 22.0. The number of pyridine rings is 1. The average molecular weight is 431 g/mol. The van der Waals surface area contributed by atoms with Gasteiger partial charge in [0.05, 0.1) is 10.9 Å². The molecule has 2 heterocycles. The van der Waals surface area contributed by atoms with E-state index in [1.165, 1.54) is 16.2 Å². The molecule has 0 atom stereocenters. The van der Waals surface area contributed by atoms with Gasteiger partial charge < -0.3 is 5.32 Å². The number of halogens is 1. The third kappa shape index (κ3) is 3.82. The quantitative estimate of drug-likeness (QED) is 0.650. The first-order chi connectivity index (χ1) is 14.3. The Morgan fingerprint density at radius 1 is 1.03 bits per heavy atom. The number of hydrogen-bond donors (Lipinski definition) is 1. The number of carbonyl (C=O) groups excluding carboxylic acids is 1. The van der Waals surface area contributed by atoms with Crippen LogP contribution in [0.2, 0.25) is 5.02 Å². The smallest absolute Gasteiger partial charge is 0.322 e. The second kappa shape index (κ2) is 8.71. The summed E-state index contributed by atoms with van der Waals surface area (Å²) in [7, 11) is 1.50. The average Bonchev–Trinajstić information content (AvgIpc) is 2.70. The molecule has 0 radical (unpaired) electrons. The molecule has 0 aliphatic rings. The fourth-order valence-corrected chi connectivity index (χ4v) is 3.68. The van der Waals surface area contributed by atoms with Crippen molar-refractivity contribution in [1.82, 2.24) is 13.7 Å². The largest absolute Gasteiger partial charge is 0.332 e. The molecule has 8 nitrogen and oxygen atoms in total. The fraction of sp³-hybridized carbons (Fsp3) is 0.333. The van der Waals surface area contributed by atoms with Crippen LogP contribution in [0.5, 0.6) is 0 Å². The van der Waals surface area contributed by atoms with Gasteiger partial charge >= 0.3 is 5.69 Å². The molecule has 1 aromatic carbocycles. The minimum Gasteiger partial charge on any atom is -0.322 e. The topological polar surface area (TPSA) is 95.1 Å². The monoisotopic (exact) mass is 430 g/mol. The van der Waals surface area contributed by atoms with Crippen LogP contribution in [0.25, 0.3) is 11.0 Å². The predicted octanol–water partition coefficient (Wildman–Crippen LogP) is 2.59. The SMILES string of the molecule is CCCn1c(=O)c2c(C(=O)Nc3cccc(Cl)c3)cc(=O)n(CCC)c2n(C)c1=O. The van der Waals surface area contributed by atoms with Crippen LogP contribution in [-0.2, 0) is 20.1 Å². The lowest BCUT2D eigenvalue weighted by Crippen LogP contribution is -2.42. The van der Waals surface area contributed by atoms with E-state index >= 15 is 0 Å². The maximum absolute atomic E-state index is 13.2. The van der Waals surface area contributed by atoms with Gasteiger partial charge in [0.2, 0.25) is 0 Å². The number of benzene rings is 1. The van der Waals surface area contributed by atoms with E-state index < -0.39 is 22.7 Å². The van der Waals surface area contributed by atoms with Crippen LogP contribution in [0.1, 0.15) is 37.0 Å². The van der Waals surface area contributed by atoms with Gasteiger partial charge in [0, 0.05) is 36.9 Å². The summed E-state index contributed by atoms with van der Waals surface area (Å²) in [5.41, 5.74) is -1.07. The molecule has 0 spiro atoms. The summed E-state index contributed by atoms with van der Waals surface area (Å²) in [4.78, 5) is 51.8. The van der Waals surface area contributed by atoms with Crippen molar-refractivity contribution in [2.24, 2.45) is 7.05 Å². The van der Waals surface area contributed by atoms with Crippen molar-refractivity contribution in [3.05, 3.63) is 72.1 Å². The zero-order valence-electron chi connectivity index (χ0n) is 17.1. The first-order valence-corrected chi connectivity index (χ1v) is 10.1. The number of carbonyl (C=O) groups is 1. The van der Waals surface area contributed by atoms with Crippen molar-refractivity contribution in [2.45, 2.75) is 39.8 Å². The molecule has 3 aromatic rings. The molecule has 0 aliphatic heterocycles. The lowest BCUT2D eigenvalue weighted by atomic mass is 10.1. The molecule has 30 heavy (non-hydrogen) atoms. The summed E-state index contributed by atoms with van der Waals surface area (Å²) in [6.07, 6.45) is 1.19. The molecule has 3 rings (SSSR count). The van der Waals surface area contributed by atoms with Crippen molar-refractivity contribution in [3.63, 3.8) is 0 Å². The van der Waals surface area contributed by atoms with Gasteiger partial charge in [0.25, 0.3) is 17.0 Å². The van der Waals surface area contributed by atoms with Crippen molar-refractivity contribution in [3.8, 4) is 0 Å². The number of nitrogens with one attached hydrogen (secondary N) is 1. The van der Waals surface area contributed by atoms with Crippen molar-refractivity contribution < 1.29 is 4.79 Å². The van der Waals surface area contributed by atoms with Crippen molar-refractivity contribution in [1.29, 1.82) is 0 Å². The van der Waals surface area contributed by atoms with Crippen LogP contribution in [0.3, 0.4) is 0 Å². The second-order valence-corrected chi connectivity index (χ2v) is 7.45. The van der Waals surface area contributed by atoms with Gasteiger partial charge in [-0.15, -0.1) is 0 Å². The van der Waals surface area contributed by atoms with Gasteiger partial charge in [0.15, 0.2) is 0 Å². The molecule has 0 saturated carbocycles. The number of aryl methyl sites for hydroxylation is 2. The molecule has 0 fully saturated rings. The molecular weight excluding hydrogens is 408 g/mol. The predicted molar refractivity (Wildman–Crippen MR) is 118 cm³/mol. The van der Waals surface area contributed by atoms with E-state index in [2.05, 4.69) is 5.32 Å². The fourth-order valence-electron chi connectivity index (χ4n) is 3.49. The Hall–Kier alpha value is -3.13. The van der Waals surface area contributed by atoms with Crippen molar-refractivity contribution in [2.75, 3.05) is 5.32 Å². The van der Waals surface area contributed by atoms with E-state index in [1.54, 1.807) is 24.3 Å². The molecule has 0 unspecified atom stereocenters. The Balaban J connectivity index is 2.35. The van der Waals surface area contributed by atoms with Crippen LogP contribution in [0, 0.1) is 0 Å². The Morgan fingerprint density at radius 2 is 1.70 bits per heavy atom. The number of aromatic nitrogens is 3. The summed E-state index contributed by atoms with van der Waals surface area (Å²) in [5.74, 6) is -0.623. The van der Waals surface area contributed by atoms with Gasteiger partial charge in [-0.05, 0) is 31.0 Å². The van der Waals surface area contributed by atoms with Gasteiger partial charge in [-0.2, -0.15) is 0 Å². The summed E-state index contributed by atoms with van der Waals surface area (Å²) >= 11 is 5.97. The van der Waals surface area contributed by atoms with E-state index in [-0.39, 0.29) is 23.1 Å². The summed E-state index contributed by atoms with van der Waals surface area (Å²) in [5, 5.41) is 3.15. The summed E-state index contributed by atoms with van der Waals surface area (Å²) in [6.45, 7) is 4.26. The highest BCUT2D eigenvalue weighted by molar-refractivity contribution is 6.31. The van der Waals surface area contributed by atoms with Crippen LogP contribution >= 0.6 is 11.6 Å². The zero-order valence-corrected chi connectivity index (χ0v) is 17.8. The second-order valence-electron chi connectivity index (χ2n) is 7.01. The molecule has 2 aromatic heterocycles. The van der Waals surface area contributed by atoms with Crippen LogP contribution in [0.4, 0.5) is 5.69 Å². The van der Waals surface area contributed by atoms with Crippen LogP contribution in [0.15, 0.2) is 44.7 Å². The van der Waals surface area contributed by atoms with Crippen molar-refractivity contribution >= 4 is 34.2 Å². The first kappa shape index (κ1) is 21.6. The Kier molecular flexibility index (Phi) is 6.26. The Morgan fingerprint density at radius 3 is 2.33 bits per heavy atom. The van der Waals surface area contributed by atoms with E-state index in [1.807, 2.05) is 13.8 Å². The summed E-state index contributed by atoms with van der Waals surface area (Å²) in [6, 6.07) is 7.70. The van der Waals surface area contributed by atoms with Gasteiger partial charge in [-0.1, -0.05) is 31.5 Å². The first-order valence-electron chi connectivity index (χ1n) is 9.74. The lowest BCUT2D eigenvalue weighted by Gasteiger charge is -2.17. The van der Waals surface area contributed by atoms with E-state index in [9.17, 15) is 19.2 Å². The highest BCUT2D eigenvalue weighted by Crippen LogP contribution is 2.18. The Labute approximate surface area is 177 Å². The maximum Gasteiger partial charge on any atom is 0.332 e. The number of anilines is 1. The molecule has 1 N–H and O–H groups in total. The summed E-state index contributed by atoms with van der Waals surface area (Å²) < 4.78 is 3.73. The number of amides is 1. The van der Waals surface area contributed by atoms with Gasteiger partial charge in [-0.25, -0.2) is 4.79 Å². The maximum atomic E-state index is 13.2. The molecule has 0 bridgehead atoms. The third-order valence-electron chi connectivity index (χ3n) is 4.80. The molecule has 0 aliphatic carbocycles. The molecule has 9 heteroatoms. The molecule has 158 valence electrons. The van der Waals surface area contributed by atoms with E-state index in [0.29, 0.717) is 30.1 Å². The van der Waals surface area contributed by atoms with Gasteiger partial charge in [-0.3, -0.25) is 28.1 Å². The highest BCUT2D eigenvalue weighted by Gasteiger charge is 2.22. The Bertz CT molecular complexity index is 1300. The minimum absolute atomic E-state index is 0.0399.